The maximum absolute atomic E-state index is 13.1. The number of benzene rings is 1. The quantitative estimate of drug-likeness (QED) is 0.688. The lowest BCUT2D eigenvalue weighted by Gasteiger charge is -2.25. The van der Waals surface area contributed by atoms with Gasteiger partial charge >= 0.3 is 0 Å². The molecular formula is C23H27F2N3O3. The standard InChI is InChI=1S/C23H27F2N3O3/c1-13(2)21(29)27-20-18-11-28(22(30)17(18)8-9-26-20)15(4)16-6-7-19(14(3)10-16)31-12-23(5,24)25/h6-10,13,15H,11-12H2,1-5H3,(H,26,27,29). The summed E-state index contributed by atoms with van der Waals surface area (Å²) in [6.45, 7) is 7.69. The number of pyridine rings is 1. The predicted molar refractivity (Wildman–Crippen MR) is 113 cm³/mol. The van der Waals surface area contributed by atoms with Gasteiger partial charge in [0.05, 0.1) is 12.6 Å². The van der Waals surface area contributed by atoms with Crippen molar-refractivity contribution in [1.82, 2.24) is 9.88 Å². The van der Waals surface area contributed by atoms with E-state index < -0.39 is 12.5 Å². The third kappa shape index (κ3) is 5.00. The average molecular weight is 431 g/mol. The van der Waals surface area contributed by atoms with Crippen LogP contribution in [0, 0.1) is 12.8 Å². The Balaban J connectivity index is 1.80. The number of fused-ring (bicyclic) bond motifs is 1. The average Bonchev–Trinajstić information content (AvgIpc) is 3.03. The summed E-state index contributed by atoms with van der Waals surface area (Å²) in [4.78, 5) is 31.1. The number of carbonyl (C=O) groups excluding carboxylic acids is 2. The van der Waals surface area contributed by atoms with Gasteiger partial charge in [0.2, 0.25) is 5.91 Å². The number of aryl methyl sites for hydroxylation is 1. The lowest BCUT2D eigenvalue weighted by atomic mass is 10.0. The molecule has 0 spiro atoms. The second-order valence-corrected chi connectivity index (χ2v) is 8.32. The number of nitrogens with one attached hydrogen (secondary N) is 1. The first-order valence-electron chi connectivity index (χ1n) is 10.2. The van der Waals surface area contributed by atoms with Crippen LogP contribution in [-0.4, -0.2) is 34.2 Å². The Bertz CT molecular complexity index is 1000. The van der Waals surface area contributed by atoms with Crippen LogP contribution < -0.4 is 10.1 Å². The van der Waals surface area contributed by atoms with Crippen molar-refractivity contribution in [2.24, 2.45) is 5.92 Å². The van der Waals surface area contributed by atoms with E-state index in [-0.39, 0.29) is 23.8 Å². The number of aromatic nitrogens is 1. The van der Waals surface area contributed by atoms with E-state index in [0.29, 0.717) is 34.8 Å². The summed E-state index contributed by atoms with van der Waals surface area (Å²) in [5.74, 6) is -2.64. The highest BCUT2D eigenvalue weighted by Gasteiger charge is 2.34. The topological polar surface area (TPSA) is 71.5 Å². The molecule has 0 radical (unpaired) electrons. The molecule has 8 heteroatoms. The molecule has 1 N–H and O–H groups in total. The Kier molecular flexibility index (Phi) is 6.29. The van der Waals surface area contributed by atoms with Crippen LogP contribution in [0.3, 0.4) is 0 Å². The number of ether oxygens (including phenoxy) is 1. The molecule has 6 nitrogen and oxygen atoms in total. The monoisotopic (exact) mass is 431 g/mol. The number of carbonyl (C=O) groups is 2. The summed E-state index contributed by atoms with van der Waals surface area (Å²) in [6.07, 6.45) is 1.51. The molecule has 0 aliphatic carbocycles. The normalized spacial score (nSPS) is 14.6. The van der Waals surface area contributed by atoms with Gasteiger partial charge in [-0.3, -0.25) is 9.59 Å². The number of hydrogen-bond donors (Lipinski definition) is 1. The molecule has 1 aromatic heterocycles. The fourth-order valence-corrected chi connectivity index (χ4v) is 3.41. The molecule has 0 fully saturated rings. The molecule has 2 aromatic rings. The summed E-state index contributed by atoms with van der Waals surface area (Å²) in [5, 5.41) is 2.80. The zero-order valence-electron chi connectivity index (χ0n) is 18.3. The molecule has 0 saturated carbocycles. The van der Waals surface area contributed by atoms with Crippen molar-refractivity contribution in [3.63, 3.8) is 0 Å². The highest BCUT2D eigenvalue weighted by Crippen LogP contribution is 2.35. The maximum Gasteiger partial charge on any atom is 0.278 e. The fraction of sp³-hybridized carbons (Fsp3) is 0.435. The van der Waals surface area contributed by atoms with Crippen molar-refractivity contribution in [2.75, 3.05) is 11.9 Å². The number of rotatable bonds is 7. The molecule has 0 saturated heterocycles. The van der Waals surface area contributed by atoms with Gasteiger partial charge < -0.3 is 15.0 Å². The molecule has 2 amide bonds. The molecule has 2 heterocycles. The van der Waals surface area contributed by atoms with Gasteiger partial charge in [0.25, 0.3) is 11.8 Å². The van der Waals surface area contributed by atoms with E-state index >= 15 is 0 Å². The van der Waals surface area contributed by atoms with Crippen LogP contribution in [0.15, 0.2) is 30.5 Å². The molecular weight excluding hydrogens is 404 g/mol. The van der Waals surface area contributed by atoms with E-state index in [9.17, 15) is 18.4 Å². The van der Waals surface area contributed by atoms with Crippen LogP contribution in [0.1, 0.15) is 60.8 Å². The number of nitrogens with zero attached hydrogens (tertiary/aromatic N) is 2. The molecule has 166 valence electrons. The molecule has 1 atom stereocenters. The van der Waals surface area contributed by atoms with Crippen molar-refractivity contribution in [2.45, 2.75) is 53.1 Å². The first kappa shape index (κ1) is 22.7. The molecule has 1 aromatic carbocycles. The zero-order valence-corrected chi connectivity index (χ0v) is 18.3. The van der Waals surface area contributed by atoms with E-state index in [1.807, 2.05) is 13.0 Å². The van der Waals surface area contributed by atoms with Gasteiger partial charge in [0.1, 0.15) is 11.6 Å². The Morgan fingerprint density at radius 3 is 2.61 bits per heavy atom. The fourth-order valence-electron chi connectivity index (χ4n) is 3.41. The highest BCUT2D eigenvalue weighted by atomic mass is 19.3. The number of alkyl halides is 2. The van der Waals surface area contributed by atoms with Crippen LogP contribution in [0.2, 0.25) is 0 Å². The zero-order chi connectivity index (χ0) is 22.9. The van der Waals surface area contributed by atoms with Crippen LogP contribution >= 0.6 is 0 Å². The van der Waals surface area contributed by atoms with Crippen molar-refractivity contribution >= 4 is 17.6 Å². The molecule has 1 unspecified atom stereocenters. The van der Waals surface area contributed by atoms with Gasteiger partial charge in [0.15, 0.2) is 6.61 Å². The smallest absolute Gasteiger partial charge is 0.278 e. The van der Waals surface area contributed by atoms with Crippen LogP contribution in [-0.2, 0) is 11.3 Å². The number of hydrogen-bond acceptors (Lipinski definition) is 4. The summed E-state index contributed by atoms with van der Waals surface area (Å²) in [5.41, 5.74) is 2.78. The number of anilines is 1. The third-order valence-corrected chi connectivity index (χ3v) is 5.27. The van der Waals surface area contributed by atoms with E-state index in [1.165, 1.54) is 6.20 Å². The van der Waals surface area contributed by atoms with E-state index in [4.69, 9.17) is 4.74 Å². The van der Waals surface area contributed by atoms with Crippen LogP contribution in [0.25, 0.3) is 0 Å². The molecule has 1 aliphatic rings. The van der Waals surface area contributed by atoms with E-state index in [0.717, 1.165) is 12.5 Å². The molecule has 1 aliphatic heterocycles. The minimum atomic E-state index is -2.91. The molecule has 0 bridgehead atoms. The summed E-state index contributed by atoms with van der Waals surface area (Å²) in [6, 6.07) is 6.65. The summed E-state index contributed by atoms with van der Waals surface area (Å²) in [7, 11) is 0. The second kappa shape index (κ2) is 8.61. The summed E-state index contributed by atoms with van der Waals surface area (Å²) >= 11 is 0. The van der Waals surface area contributed by atoms with Crippen LogP contribution in [0.4, 0.5) is 14.6 Å². The lowest BCUT2D eigenvalue weighted by molar-refractivity contribution is -0.118. The van der Waals surface area contributed by atoms with Gasteiger partial charge in [-0.05, 0) is 37.1 Å². The van der Waals surface area contributed by atoms with E-state index in [1.54, 1.807) is 43.9 Å². The highest BCUT2D eigenvalue weighted by molar-refractivity contribution is 6.01. The van der Waals surface area contributed by atoms with Gasteiger partial charge in [-0.1, -0.05) is 26.0 Å². The molecule has 3 rings (SSSR count). The van der Waals surface area contributed by atoms with Gasteiger partial charge in [-0.2, -0.15) is 0 Å². The maximum atomic E-state index is 13.1. The minimum Gasteiger partial charge on any atom is -0.487 e. The SMILES string of the molecule is Cc1cc(C(C)N2Cc3c(ccnc3NC(=O)C(C)C)C2=O)ccc1OCC(C)(F)F. The van der Waals surface area contributed by atoms with E-state index in [2.05, 4.69) is 10.3 Å². The third-order valence-electron chi connectivity index (χ3n) is 5.27. The minimum absolute atomic E-state index is 0.145. The van der Waals surface area contributed by atoms with Crippen molar-refractivity contribution in [3.05, 3.63) is 52.7 Å². The van der Waals surface area contributed by atoms with Crippen LogP contribution in [0.5, 0.6) is 5.75 Å². The van der Waals surface area contributed by atoms with Gasteiger partial charge in [-0.25, -0.2) is 13.8 Å². The molecule has 31 heavy (non-hydrogen) atoms. The Labute approximate surface area is 180 Å². The van der Waals surface area contributed by atoms with Gasteiger partial charge in [-0.15, -0.1) is 0 Å². The summed E-state index contributed by atoms with van der Waals surface area (Å²) < 4.78 is 31.4. The lowest BCUT2D eigenvalue weighted by Crippen LogP contribution is -2.27. The number of halogens is 2. The largest absolute Gasteiger partial charge is 0.487 e. The Morgan fingerprint density at radius 1 is 1.29 bits per heavy atom. The second-order valence-electron chi connectivity index (χ2n) is 8.32. The predicted octanol–water partition coefficient (Wildman–Crippen LogP) is 4.74. The first-order chi connectivity index (χ1) is 14.5. The van der Waals surface area contributed by atoms with Crippen molar-refractivity contribution in [3.8, 4) is 5.75 Å². The van der Waals surface area contributed by atoms with Crippen molar-refractivity contribution < 1.29 is 23.1 Å². The Hall–Kier alpha value is -3.03. The number of amides is 2. The van der Waals surface area contributed by atoms with Gasteiger partial charge in [0, 0.05) is 30.2 Å². The first-order valence-corrected chi connectivity index (χ1v) is 10.2. The van der Waals surface area contributed by atoms with Crippen molar-refractivity contribution in [1.29, 1.82) is 0 Å². The Morgan fingerprint density at radius 2 is 2.00 bits per heavy atom.